The molecule has 0 amide bonds. The van der Waals surface area contributed by atoms with Crippen LogP contribution in [-0.4, -0.2) is 38.1 Å². The van der Waals surface area contributed by atoms with E-state index in [1.165, 1.54) is 13.1 Å². The molecule has 0 aliphatic rings. The van der Waals surface area contributed by atoms with E-state index in [0.29, 0.717) is 17.7 Å². The van der Waals surface area contributed by atoms with Crippen LogP contribution in [0, 0.1) is 5.82 Å². The number of rotatable bonds is 7. The van der Waals surface area contributed by atoms with Crippen molar-refractivity contribution in [2.45, 2.75) is 26.2 Å². The summed E-state index contributed by atoms with van der Waals surface area (Å²) in [6.45, 7) is 1.80. The van der Waals surface area contributed by atoms with Crippen molar-refractivity contribution in [1.29, 1.82) is 0 Å². The molecule has 0 saturated carbocycles. The van der Waals surface area contributed by atoms with Crippen molar-refractivity contribution >= 4 is 0 Å². The van der Waals surface area contributed by atoms with E-state index >= 15 is 0 Å². The Bertz CT molecular complexity index is 696. The second-order valence-corrected chi connectivity index (χ2v) is 4.88. The van der Waals surface area contributed by atoms with Crippen LogP contribution in [0.1, 0.15) is 25.3 Å². The molecular weight excluding hydrogens is 291 g/mol. The number of benzene rings is 1. The van der Waals surface area contributed by atoms with Gasteiger partial charge in [-0.05, 0) is 34.9 Å². The predicted molar refractivity (Wildman–Crippen MR) is 77.8 cm³/mol. The summed E-state index contributed by atoms with van der Waals surface area (Å²) in [6, 6.07) is 2.77. The monoisotopic (exact) mass is 310 g/mol. The third-order valence-corrected chi connectivity index (χ3v) is 3.23. The van der Waals surface area contributed by atoms with Gasteiger partial charge in [-0.25, -0.2) is 9.18 Å². The molecule has 0 fully saturated rings. The first-order valence-corrected chi connectivity index (χ1v) is 7.14. The van der Waals surface area contributed by atoms with Crippen LogP contribution in [0.15, 0.2) is 16.9 Å². The fourth-order valence-corrected chi connectivity index (χ4v) is 2.05. The minimum Gasteiger partial charge on any atom is -0.489 e. The van der Waals surface area contributed by atoms with Crippen LogP contribution in [0.3, 0.4) is 0 Å². The lowest BCUT2D eigenvalue weighted by molar-refractivity contribution is 0.200. The van der Waals surface area contributed by atoms with Gasteiger partial charge in [0.2, 0.25) is 0 Å². The highest BCUT2D eigenvalue weighted by Crippen LogP contribution is 2.26. The Balaban J connectivity index is 2.51. The van der Waals surface area contributed by atoms with Gasteiger partial charge in [-0.15, -0.1) is 0 Å². The Morgan fingerprint density at radius 3 is 2.73 bits per heavy atom. The number of nitrogens with zero attached hydrogens (tertiary/aromatic N) is 4. The Morgan fingerprint density at radius 2 is 2.14 bits per heavy atom. The van der Waals surface area contributed by atoms with Crippen molar-refractivity contribution < 1.29 is 14.2 Å². The second kappa shape index (κ2) is 7.17. The molecule has 120 valence electrons. The minimum absolute atomic E-state index is 0.00421. The zero-order valence-electron chi connectivity index (χ0n) is 12.6. The standard InChI is InChI=1S/C14H19FN4O3/c1-3-4-5-10-8-12(19-14(21)18(2)16-17-19)13(9-11(10)15)22-7-6-20/h8-9,20H,3-7H2,1-2H3. The van der Waals surface area contributed by atoms with Crippen molar-refractivity contribution in [3.05, 3.63) is 34.0 Å². The van der Waals surface area contributed by atoms with E-state index in [2.05, 4.69) is 10.4 Å². The smallest absolute Gasteiger partial charge is 0.368 e. The van der Waals surface area contributed by atoms with Gasteiger partial charge in [0.1, 0.15) is 23.9 Å². The molecule has 0 aliphatic heterocycles. The summed E-state index contributed by atoms with van der Waals surface area (Å²) in [5.41, 5.74) is 0.353. The van der Waals surface area contributed by atoms with Crippen LogP contribution in [0.25, 0.3) is 5.69 Å². The van der Waals surface area contributed by atoms with E-state index in [9.17, 15) is 9.18 Å². The zero-order valence-corrected chi connectivity index (χ0v) is 12.6. The summed E-state index contributed by atoms with van der Waals surface area (Å²) in [5.74, 6) is -0.253. The molecule has 1 aromatic heterocycles. The number of aliphatic hydroxyl groups excluding tert-OH is 1. The molecule has 1 heterocycles. The Morgan fingerprint density at radius 1 is 1.36 bits per heavy atom. The van der Waals surface area contributed by atoms with Gasteiger partial charge in [-0.1, -0.05) is 13.3 Å². The van der Waals surface area contributed by atoms with Crippen molar-refractivity contribution in [2.75, 3.05) is 13.2 Å². The van der Waals surface area contributed by atoms with Crippen LogP contribution < -0.4 is 10.4 Å². The minimum atomic E-state index is -0.457. The van der Waals surface area contributed by atoms with Gasteiger partial charge in [0.15, 0.2) is 0 Å². The Hall–Kier alpha value is -2.22. The maximum atomic E-state index is 14.1. The highest BCUT2D eigenvalue weighted by Gasteiger charge is 2.16. The number of hydrogen-bond donors (Lipinski definition) is 1. The van der Waals surface area contributed by atoms with Crippen molar-refractivity contribution in [3.63, 3.8) is 0 Å². The largest absolute Gasteiger partial charge is 0.489 e. The summed E-state index contributed by atoms with van der Waals surface area (Å²) in [4.78, 5) is 12.0. The summed E-state index contributed by atoms with van der Waals surface area (Å²) >= 11 is 0. The summed E-state index contributed by atoms with van der Waals surface area (Å²) in [5, 5.41) is 16.3. The van der Waals surface area contributed by atoms with Crippen molar-refractivity contribution in [1.82, 2.24) is 19.8 Å². The van der Waals surface area contributed by atoms with Gasteiger partial charge in [0.05, 0.1) is 6.61 Å². The van der Waals surface area contributed by atoms with Crippen LogP contribution in [0.2, 0.25) is 0 Å². The first-order valence-electron chi connectivity index (χ1n) is 7.14. The molecule has 1 aromatic carbocycles. The van der Waals surface area contributed by atoms with Crippen LogP contribution in [0.4, 0.5) is 4.39 Å². The lowest BCUT2D eigenvalue weighted by Gasteiger charge is -2.12. The third-order valence-electron chi connectivity index (χ3n) is 3.23. The number of aromatic nitrogens is 4. The maximum Gasteiger partial charge on any atom is 0.368 e. The van der Waals surface area contributed by atoms with E-state index in [-0.39, 0.29) is 19.0 Å². The van der Waals surface area contributed by atoms with Crippen LogP contribution >= 0.6 is 0 Å². The molecule has 0 bridgehead atoms. The van der Waals surface area contributed by atoms with E-state index in [0.717, 1.165) is 22.2 Å². The zero-order chi connectivity index (χ0) is 16.1. The van der Waals surface area contributed by atoms with E-state index in [1.807, 2.05) is 6.92 Å². The number of aliphatic hydroxyl groups is 1. The summed E-state index contributed by atoms with van der Waals surface area (Å²) < 4.78 is 21.6. The predicted octanol–water partition coefficient (Wildman–Crippen LogP) is 0.819. The number of hydrogen-bond acceptors (Lipinski definition) is 5. The highest BCUT2D eigenvalue weighted by molar-refractivity contribution is 5.49. The first kappa shape index (κ1) is 16.2. The van der Waals surface area contributed by atoms with E-state index in [4.69, 9.17) is 9.84 Å². The Labute approximate surface area is 126 Å². The molecular formula is C14H19FN4O3. The second-order valence-electron chi connectivity index (χ2n) is 4.88. The quantitative estimate of drug-likeness (QED) is 0.818. The fraction of sp³-hybridized carbons (Fsp3) is 0.500. The molecule has 22 heavy (non-hydrogen) atoms. The molecule has 2 rings (SSSR count). The molecule has 8 heteroatoms. The molecule has 0 aliphatic carbocycles. The number of unbranched alkanes of at least 4 members (excludes halogenated alkanes) is 1. The Kier molecular flexibility index (Phi) is 5.26. The molecule has 0 radical (unpaired) electrons. The topological polar surface area (TPSA) is 82.2 Å². The van der Waals surface area contributed by atoms with E-state index in [1.54, 1.807) is 6.07 Å². The average Bonchev–Trinajstić information content (AvgIpc) is 2.84. The van der Waals surface area contributed by atoms with Gasteiger partial charge in [-0.3, -0.25) is 0 Å². The lowest BCUT2D eigenvalue weighted by atomic mass is 10.1. The van der Waals surface area contributed by atoms with Crippen LogP contribution in [-0.2, 0) is 13.5 Å². The molecule has 0 saturated heterocycles. The fourth-order valence-electron chi connectivity index (χ4n) is 2.05. The van der Waals surface area contributed by atoms with Gasteiger partial charge in [-0.2, -0.15) is 9.36 Å². The number of tetrazole rings is 1. The number of ether oxygens (including phenoxy) is 1. The van der Waals surface area contributed by atoms with Gasteiger partial charge in [0.25, 0.3) is 0 Å². The van der Waals surface area contributed by atoms with Gasteiger partial charge in [0, 0.05) is 13.1 Å². The molecule has 0 unspecified atom stereocenters. The first-order chi connectivity index (χ1) is 10.6. The highest BCUT2D eigenvalue weighted by atomic mass is 19.1. The van der Waals surface area contributed by atoms with E-state index < -0.39 is 11.5 Å². The third kappa shape index (κ3) is 3.33. The molecule has 2 aromatic rings. The maximum absolute atomic E-state index is 14.1. The summed E-state index contributed by atoms with van der Waals surface area (Å²) in [7, 11) is 1.47. The average molecular weight is 310 g/mol. The molecule has 0 spiro atoms. The normalized spacial score (nSPS) is 10.9. The molecule has 0 atom stereocenters. The van der Waals surface area contributed by atoms with Crippen molar-refractivity contribution in [2.24, 2.45) is 7.05 Å². The van der Waals surface area contributed by atoms with Gasteiger partial charge < -0.3 is 9.84 Å². The van der Waals surface area contributed by atoms with Crippen LogP contribution in [0.5, 0.6) is 5.75 Å². The molecule has 7 nitrogen and oxygen atoms in total. The lowest BCUT2D eigenvalue weighted by Crippen LogP contribution is -2.23. The SMILES string of the molecule is CCCCc1cc(-n2nnn(C)c2=O)c(OCCO)cc1F. The summed E-state index contributed by atoms with van der Waals surface area (Å²) in [6.07, 6.45) is 2.33. The number of halogens is 1. The van der Waals surface area contributed by atoms with Crippen molar-refractivity contribution in [3.8, 4) is 11.4 Å². The molecule has 1 N–H and O–H groups in total. The van der Waals surface area contributed by atoms with Gasteiger partial charge >= 0.3 is 5.69 Å². The number of aryl methyl sites for hydroxylation is 2.